The van der Waals surface area contributed by atoms with Crippen LogP contribution in [0.5, 0.6) is 0 Å². The summed E-state index contributed by atoms with van der Waals surface area (Å²) in [5, 5.41) is 0.787. The van der Waals surface area contributed by atoms with Crippen molar-refractivity contribution in [3.8, 4) is 0 Å². The largest absolute Gasteiger partial charge is 0.293 e. The minimum atomic E-state index is -0.331. The molecule has 0 unspecified atom stereocenters. The minimum absolute atomic E-state index is 0.127. The van der Waals surface area contributed by atoms with Gasteiger partial charge >= 0.3 is 0 Å². The fourth-order valence-electron chi connectivity index (χ4n) is 1.50. The standard InChI is InChI=1S/C14H9Cl2FOS/c15-9-5-6-10(11(16)7-9)13(18)8-19-14-4-2-1-3-12(14)17/h1-7H,8H2. The average molecular weight is 315 g/mol. The monoisotopic (exact) mass is 314 g/mol. The molecule has 0 saturated carbocycles. The number of hydrogen-bond acceptors (Lipinski definition) is 2. The maximum Gasteiger partial charge on any atom is 0.174 e. The summed E-state index contributed by atoms with van der Waals surface area (Å²) in [5.74, 6) is -0.361. The smallest absolute Gasteiger partial charge is 0.174 e. The van der Waals surface area contributed by atoms with E-state index in [9.17, 15) is 9.18 Å². The van der Waals surface area contributed by atoms with Gasteiger partial charge in [-0.3, -0.25) is 4.79 Å². The molecule has 0 heterocycles. The zero-order valence-corrected chi connectivity index (χ0v) is 12.0. The van der Waals surface area contributed by atoms with Gasteiger partial charge in [-0.2, -0.15) is 0 Å². The number of Topliss-reactive ketones (excluding diaryl/α,β-unsaturated/α-hetero) is 1. The number of carbonyl (C=O) groups is 1. The summed E-state index contributed by atoms with van der Waals surface area (Å²) in [5.41, 5.74) is 0.398. The molecule has 0 N–H and O–H groups in total. The second kappa shape index (κ2) is 6.42. The Morgan fingerprint density at radius 2 is 1.89 bits per heavy atom. The first-order valence-corrected chi connectivity index (χ1v) is 7.17. The SMILES string of the molecule is O=C(CSc1ccccc1F)c1ccc(Cl)cc1Cl. The second-order valence-corrected chi connectivity index (χ2v) is 5.63. The lowest BCUT2D eigenvalue weighted by atomic mass is 10.1. The zero-order chi connectivity index (χ0) is 13.8. The number of thioether (sulfide) groups is 1. The van der Waals surface area contributed by atoms with Crippen LogP contribution in [0.15, 0.2) is 47.4 Å². The first-order chi connectivity index (χ1) is 9.08. The zero-order valence-electron chi connectivity index (χ0n) is 9.70. The topological polar surface area (TPSA) is 17.1 Å². The fraction of sp³-hybridized carbons (Fsp3) is 0.0714. The molecule has 0 aliphatic carbocycles. The molecule has 5 heteroatoms. The number of benzene rings is 2. The summed E-state index contributed by atoms with van der Waals surface area (Å²) in [6.07, 6.45) is 0. The molecule has 0 atom stereocenters. The third-order valence-corrected chi connectivity index (χ3v) is 4.02. The Labute approximate surface area is 124 Å². The van der Waals surface area contributed by atoms with Gasteiger partial charge in [-0.1, -0.05) is 35.3 Å². The maximum absolute atomic E-state index is 13.4. The van der Waals surface area contributed by atoms with Crippen LogP contribution in [0.1, 0.15) is 10.4 Å². The molecule has 0 radical (unpaired) electrons. The first kappa shape index (κ1) is 14.4. The van der Waals surface area contributed by atoms with Crippen molar-refractivity contribution < 1.29 is 9.18 Å². The van der Waals surface area contributed by atoms with Crippen LogP contribution in [0, 0.1) is 5.82 Å². The maximum atomic E-state index is 13.4. The Hall–Kier alpha value is -1.03. The van der Waals surface area contributed by atoms with Crippen LogP contribution in [-0.2, 0) is 0 Å². The van der Waals surface area contributed by atoms with E-state index < -0.39 is 0 Å². The first-order valence-electron chi connectivity index (χ1n) is 5.43. The highest BCUT2D eigenvalue weighted by atomic mass is 35.5. The molecule has 2 aromatic carbocycles. The third-order valence-electron chi connectivity index (χ3n) is 2.43. The van der Waals surface area contributed by atoms with Gasteiger partial charge < -0.3 is 0 Å². The Morgan fingerprint density at radius 3 is 2.58 bits per heavy atom. The second-order valence-electron chi connectivity index (χ2n) is 3.77. The van der Waals surface area contributed by atoms with Crippen LogP contribution in [0.25, 0.3) is 0 Å². The molecule has 0 amide bonds. The van der Waals surface area contributed by atoms with E-state index in [0.717, 1.165) is 11.8 Å². The van der Waals surface area contributed by atoms with Crippen molar-refractivity contribution >= 4 is 40.7 Å². The molecule has 19 heavy (non-hydrogen) atoms. The predicted octanol–water partition coefficient (Wildman–Crippen LogP) is 5.11. The van der Waals surface area contributed by atoms with E-state index in [2.05, 4.69) is 0 Å². The number of halogens is 3. The number of carbonyl (C=O) groups excluding carboxylic acids is 1. The lowest BCUT2D eigenvalue weighted by Crippen LogP contribution is -2.03. The molecule has 0 aliphatic rings. The summed E-state index contributed by atoms with van der Waals surface area (Å²) in [6.45, 7) is 0. The normalized spacial score (nSPS) is 10.5. The molecule has 2 rings (SSSR count). The van der Waals surface area contributed by atoms with E-state index in [1.807, 2.05) is 0 Å². The highest BCUT2D eigenvalue weighted by molar-refractivity contribution is 8.00. The number of ketones is 1. The quantitative estimate of drug-likeness (QED) is 0.576. The average Bonchev–Trinajstić information content (AvgIpc) is 2.37. The van der Waals surface area contributed by atoms with Crippen LogP contribution in [0.4, 0.5) is 4.39 Å². The van der Waals surface area contributed by atoms with E-state index in [1.165, 1.54) is 12.1 Å². The molecular formula is C14H9Cl2FOS. The van der Waals surface area contributed by atoms with E-state index in [1.54, 1.807) is 30.3 Å². The van der Waals surface area contributed by atoms with E-state index in [0.29, 0.717) is 20.5 Å². The van der Waals surface area contributed by atoms with Gasteiger partial charge in [-0.15, -0.1) is 11.8 Å². The fourth-order valence-corrected chi connectivity index (χ4v) is 2.84. The molecule has 98 valence electrons. The molecule has 0 saturated heterocycles. The molecule has 1 nitrogen and oxygen atoms in total. The van der Waals surface area contributed by atoms with Gasteiger partial charge in [0.2, 0.25) is 0 Å². The van der Waals surface area contributed by atoms with E-state index >= 15 is 0 Å². The minimum Gasteiger partial charge on any atom is -0.293 e. The van der Waals surface area contributed by atoms with Crippen molar-refractivity contribution in [2.24, 2.45) is 0 Å². The van der Waals surface area contributed by atoms with Crippen molar-refractivity contribution in [2.75, 3.05) is 5.75 Å². The van der Waals surface area contributed by atoms with Crippen molar-refractivity contribution in [3.63, 3.8) is 0 Å². The van der Waals surface area contributed by atoms with Gasteiger partial charge in [-0.05, 0) is 30.3 Å². The lowest BCUT2D eigenvalue weighted by molar-refractivity contribution is 0.102. The van der Waals surface area contributed by atoms with Gasteiger partial charge in [-0.25, -0.2) is 4.39 Å². The van der Waals surface area contributed by atoms with Crippen LogP contribution >= 0.6 is 35.0 Å². The van der Waals surface area contributed by atoms with Crippen molar-refractivity contribution in [3.05, 3.63) is 63.9 Å². The molecule has 0 aromatic heterocycles. The van der Waals surface area contributed by atoms with Crippen LogP contribution in [0.3, 0.4) is 0 Å². The summed E-state index contributed by atoms with van der Waals surface area (Å²) in [6, 6.07) is 11.0. The van der Waals surface area contributed by atoms with Crippen LogP contribution in [-0.4, -0.2) is 11.5 Å². The summed E-state index contributed by atoms with van der Waals surface area (Å²) in [7, 11) is 0. The van der Waals surface area contributed by atoms with Gasteiger partial charge in [0.15, 0.2) is 5.78 Å². The molecule has 0 fully saturated rings. The van der Waals surface area contributed by atoms with Crippen molar-refractivity contribution in [1.82, 2.24) is 0 Å². The van der Waals surface area contributed by atoms with Gasteiger partial charge in [0, 0.05) is 15.5 Å². The lowest BCUT2D eigenvalue weighted by Gasteiger charge is -2.05. The molecule has 0 spiro atoms. The van der Waals surface area contributed by atoms with Gasteiger partial charge in [0.1, 0.15) is 5.82 Å². The third kappa shape index (κ3) is 3.72. The Morgan fingerprint density at radius 1 is 1.16 bits per heavy atom. The summed E-state index contributed by atoms with van der Waals surface area (Å²) < 4.78 is 13.4. The van der Waals surface area contributed by atoms with Gasteiger partial charge in [0.25, 0.3) is 0 Å². The molecule has 0 aliphatic heterocycles. The van der Waals surface area contributed by atoms with E-state index in [4.69, 9.17) is 23.2 Å². The molecule has 0 bridgehead atoms. The number of rotatable bonds is 4. The Bertz CT molecular complexity index is 616. The van der Waals surface area contributed by atoms with Crippen molar-refractivity contribution in [2.45, 2.75) is 4.90 Å². The van der Waals surface area contributed by atoms with Crippen LogP contribution in [0.2, 0.25) is 10.0 Å². The molecular weight excluding hydrogens is 306 g/mol. The van der Waals surface area contributed by atoms with Crippen LogP contribution < -0.4 is 0 Å². The Kier molecular flexibility index (Phi) is 4.86. The van der Waals surface area contributed by atoms with Crippen molar-refractivity contribution in [1.29, 1.82) is 0 Å². The summed E-state index contributed by atoms with van der Waals surface area (Å²) in [4.78, 5) is 12.4. The number of hydrogen-bond donors (Lipinski definition) is 0. The molecule has 2 aromatic rings. The Balaban J connectivity index is 2.08. The van der Waals surface area contributed by atoms with E-state index in [-0.39, 0.29) is 17.4 Å². The van der Waals surface area contributed by atoms with Gasteiger partial charge in [0.05, 0.1) is 10.8 Å². The highest BCUT2D eigenvalue weighted by Gasteiger charge is 2.12. The highest BCUT2D eigenvalue weighted by Crippen LogP contribution is 2.25. The predicted molar refractivity (Wildman–Crippen MR) is 77.9 cm³/mol. The summed E-state index contributed by atoms with van der Waals surface area (Å²) >= 11 is 12.9.